The standard InChI is InChI=1S/C60H77NS/c1-10-18-23-24-28-47-37-42-62-58(47)46(16-7)32-31-45(9)61(48-33-35-52-50(27-15-6)54(17-8)59(38-19-11-2,39-20-12-3)56(52)43-48)49-34-36-53-51-29-25-26-30-55(51)60(40-21-13-4,41-22-14-5)57(53)44-49/h15-17,25-27,29-37,42-44H,7-8,10-14,18-24,28,38-41H2,1-6,9H3/b27-15-,45-31+,46-32+. The van der Waals surface area contributed by atoms with Gasteiger partial charge in [0, 0.05) is 32.8 Å². The van der Waals surface area contributed by atoms with Gasteiger partial charge in [0.2, 0.25) is 0 Å². The summed E-state index contributed by atoms with van der Waals surface area (Å²) in [4.78, 5) is 3.92. The molecule has 62 heavy (non-hydrogen) atoms. The number of unbranched alkanes of at least 4 members (excludes halogenated alkanes) is 7. The van der Waals surface area contributed by atoms with Gasteiger partial charge in [-0.15, -0.1) is 11.3 Å². The summed E-state index contributed by atoms with van der Waals surface area (Å²) in [6.45, 7) is 25.0. The first kappa shape index (κ1) is 47.1. The smallest absolute Gasteiger partial charge is 0.0461 e. The first-order valence-electron chi connectivity index (χ1n) is 24.6. The lowest BCUT2D eigenvalue weighted by Gasteiger charge is -2.35. The molecule has 2 heteroatoms. The largest absolute Gasteiger partial charge is 0.314 e. The van der Waals surface area contributed by atoms with Gasteiger partial charge >= 0.3 is 0 Å². The molecule has 0 saturated carbocycles. The van der Waals surface area contributed by atoms with Gasteiger partial charge in [0.15, 0.2) is 0 Å². The molecule has 0 unspecified atom stereocenters. The van der Waals surface area contributed by atoms with Crippen LogP contribution in [-0.4, -0.2) is 0 Å². The van der Waals surface area contributed by atoms with Gasteiger partial charge in [-0.2, -0.15) is 0 Å². The van der Waals surface area contributed by atoms with E-state index in [0.29, 0.717) is 0 Å². The Morgan fingerprint density at radius 2 is 1.21 bits per heavy atom. The fraction of sp³-hybridized carbons (Fsp3) is 0.433. The first-order valence-corrected chi connectivity index (χ1v) is 25.5. The van der Waals surface area contributed by atoms with Crippen molar-refractivity contribution < 1.29 is 0 Å². The van der Waals surface area contributed by atoms with E-state index in [1.807, 2.05) is 11.3 Å². The van der Waals surface area contributed by atoms with Crippen molar-refractivity contribution in [1.82, 2.24) is 0 Å². The molecule has 0 spiro atoms. The molecular formula is C60H77NS. The summed E-state index contributed by atoms with van der Waals surface area (Å²) < 4.78 is 0. The second kappa shape index (κ2) is 22.3. The number of aryl methyl sites for hydroxylation is 1. The summed E-state index contributed by atoms with van der Waals surface area (Å²) in [6.07, 6.45) is 33.9. The molecular weight excluding hydrogens is 767 g/mol. The molecule has 1 nitrogen and oxygen atoms in total. The Hall–Kier alpha value is -4.40. The molecule has 1 heterocycles. The number of hydrogen-bond acceptors (Lipinski definition) is 2. The average molecular weight is 844 g/mol. The van der Waals surface area contributed by atoms with Gasteiger partial charge < -0.3 is 4.90 Å². The lowest BCUT2D eigenvalue weighted by molar-refractivity contribution is 0.411. The molecule has 4 aromatic rings. The Bertz CT molecular complexity index is 2250. The van der Waals surface area contributed by atoms with Crippen LogP contribution < -0.4 is 4.90 Å². The summed E-state index contributed by atoms with van der Waals surface area (Å²) in [5, 5.41) is 2.26. The van der Waals surface area contributed by atoms with E-state index in [4.69, 9.17) is 0 Å². The summed E-state index contributed by atoms with van der Waals surface area (Å²) in [6, 6.07) is 26.5. The Morgan fingerprint density at radius 3 is 1.81 bits per heavy atom. The summed E-state index contributed by atoms with van der Waals surface area (Å²) >= 11 is 1.85. The number of thiophene rings is 1. The van der Waals surface area contributed by atoms with Crippen LogP contribution in [0, 0.1) is 0 Å². The van der Waals surface area contributed by atoms with Crippen molar-refractivity contribution >= 4 is 33.9 Å². The molecule has 2 aliphatic carbocycles. The minimum atomic E-state index is -0.0606. The zero-order chi connectivity index (χ0) is 44.1. The molecule has 0 fully saturated rings. The maximum atomic E-state index is 4.48. The molecule has 2 aliphatic rings. The van der Waals surface area contributed by atoms with Crippen LogP contribution in [0.5, 0.6) is 0 Å². The summed E-state index contributed by atoms with van der Waals surface area (Å²) in [5.74, 6) is 0. The SMILES string of the molecule is C=CC1=C(/C=C\C)c2ccc(N(/C(C)=C/C=C(\C=C)c3sccc3CCCCCC)c3ccc4c(c3)C(CCCC)(CCCC)c3ccccc3-4)cc2C1(CCCC)CCCC. The Kier molecular flexibility index (Phi) is 16.9. The van der Waals surface area contributed by atoms with Crippen LogP contribution in [0.1, 0.15) is 184 Å². The third kappa shape index (κ3) is 9.43. The van der Waals surface area contributed by atoms with Crippen molar-refractivity contribution in [3.05, 3.63) is 166 Å². The van der Waals surface area contributed by atoms with Gasteiger partial charge in [0.25, 0.3) is 0 Å². The molecule has 0 N–H and O–H groups in total. The number of hydrogen-bond donors (Lipinski definition) is 0. The van der Waals surface area contributed by atoms with Gasteiger partial charge in [0.1, 0.15) is 0 Å². The van der Waals surface area contributed by atoms with Gasteiger partial charge in [-0.3, -0.25) is 0 Å². The van der Waals surface area contributed by atoms with E-state index in [-0.39, 0.29) is 10.8 Å². The topological polar surface area (TPSA) is 3.24 Å². The summed E-state index contributed by atoms with van der Waals surface area (Å²) in [7, 11) is 0. The normalized spacial score (nSPS) is 15.3. The molecule has 0 saturated heterocycles. The van der Waals surface area contributed by atoms with Crippen LogP contribution >= 0.6 is 11.3 Å². The molecule has 3 aromatic carbocycles. The van der Waals surface area contributed by atoms with Gasteiger partial charge in [-0.05, 0) is 150 Å². The maximum Gasteiger partial charge on any atom is 0.0461 e. The van der Waals surface area contributed by atoms with Crippen molar-refractivity contribution in [2.45, 2.75) is 168 Å². The van der Waals surface area contributed by atoms with Crippen molar-refractivity contribution in [2.75, 3.05) is 4.90 Å². The minimum Gasteiger partial charge on any atom is -0.314 e. The Balaban J connectivity index is 1.57. The highest BCUT2D eigenvalue weighted by Crippen LogP contribution is 2.57. The highest BCUT2D eigenvalue weighted by atomic mass is 32.1. The fourth-order valence-electron chi connectivity index (χ4n) is 10.9. The maximum absolute atomic E-state index is 4.48. The van der Waals surface area contributed by atoms with Crippen LogP contribution in [0.15, 0.2) is 133 Å². The predicted octanol–water partition coefficient (Wildman–Crippen LogP) is 19.0. The summed E-state index contributed by atoms with van der Waals surface area (Å²) in [5.41, 5.74) is 17.8. The molecule has 1 aromatic heterocycles. The van der Waals surface area contributed by atoms with Gasteiger partial charge in [-0.25, -0.2) is 0 Å². The number of rotatable bonds is 25. The van der Waals surface area contributed by atoms with E-state index in [1.165, 1.54) is 168 Å². The third-order valence-electron chi connectivity index (χ3n) is 14.1. The lowest BCUT2D eigenvalue weighted by atomic mass is 9.70. The first-order chi connectivity index (χ1) is 30.3. The highest BCUT2D eigenvalue weighted by Gasteiger charge is 2.44. The molecule has 0 atom stereocenters. The van der Waals surface area contributed by atoms with E-state index in [9.17, 15) is 0 Å². The molecule has 0 amide bonds. The number of fused-ring (bicyclic) bond motifs is 4. The Labute approximate surface area is 382 Å². The van der Waals surface area contributed by atoms with Crippen molar-refractivity contribution in [2.24, 2.45) is 0 Å². The molecule has 0 bridgehead atoms. The number of allylic oxidation sites excluding steroid dienone is 10. The van der Waals surface area contributed by atoms with E-state index in [0.717, 1.165) is 19.3 Å². The molecule has 0 radical (unpaired) electrons. The second-order valence-electron chi connectivity index (χ2n) is 18.2. The van der Waals surface area contributed by atoms with Crippen molar-refractivity contribution in [3.8, 4) is 11.1 Å². The zero-order valence-electron chi connectivity index (χ0n) is 39.7. The van der Waals surface area contributed by atoms with E-state index in [2.05, 4.69) is 175 Å². The van der Waals surface area contributed by atoms with Crippen LogP contribution in [-0.2, 0) is 17.3 Å². The molecule has 0 aliphatic heterocycles. The van der Waals surface area contributed by atoms with Crippen LogP contribution in [0.4, 0.5) is 11.4 Å². The Morgan fingerprint density at radius 1 is 0.629 bits per heavy atom. The number of nitrogens with zero attached hydrogens (tertiary/aromatic N) is 1. The average Bonchev–Trinajstić information content (AvgIpc) is 3.95. The van der Waals surface area contributed by atoms with E-state index in [1.54, 1.807) is 0 Å². The molecule has 6 rings (SSSR count). The zero-order valence-corrected chi connectivity index (χ0v) is 40.5. The van der Waals surface area contributed by atoms with Crippen LogP contribution in [0.3, 0.4) is 0 Å². The number of anilines is 2. The van der Waals surface area contributed by atoms with E-state index < -0.39 is 0 Å². The van der Waals surface area contributed by atoms with Crippen LogP contribution in [0.25, 0.3) is 22.3 Å². The second-order valence-corrected chi connectivity index (χ2v) is 19.1. The third-order valence-corrected chi connectivity index (χ3v) is 15.1. The van der Waals surface area contributed by atoms with Gasteiger partial charge in [-0.1, -0.05) is 185 Å². The van der Waals surface area contributed by atoms with Crippen molar-refractivity contribution in [3.63, 3.8) is 0 Å². The van der Waals surface area contributed by atoms with Crippen LogP contribution in [0.2, 0.25) is 0 Å². The van der Waals surface area contributed by atoms with E-state index >= 15 is 0 Å². The predicted molar refractivity (Wildman–Crippen MR) is 277 cm³/mol. The van der Waals surface area contributed by atoms with Gasteiger partial charge in [0.05, 0.1) is 0 Å². The fourth-order valence-corrected chi connectivity index (χ4v) is 11.9. The van der Waals surface area contributed by atoms with Crippen molar-refractivity contribution in [1.29, 1.82) is 0 Å². The lowest BCUT2D eigenvalue weighted by Crippen LogP contribution is -2.27. The number of benzene rings is 3. The molecule has 328 valence electrons. The minimum absolute atomic E-state index is 0.0113. The monoisotopic (exact) mass is 844 g/mol. The highest BCUT2D eigenvalue weighted by molar-refractivity contribution is 7.11. The quantitative estimate of drug-likeness (QED) is 0.0475.